The second-order valence-electron chi connectivity index (χ2n) is 8.49. The normalized spacial score (nSPS) is 11.6. The molecule has 2 aromatic heterocycles. The van der Waals surface area contributed by atoms with Gasteiger partial charge >= 0.3 is 0 Å². The van der Waals surface area contributed by atoms with E-state index in [1.165, 1.54) is 12.4 Å². The van der Waals surface area contributed by atoms with Crippen LogP contribution in [0.3, 0.4) is 0 Å². The topological polar surface area (TPSA) is 101 Å². The molecular weight excluding hydrogens is 504 g/mol. The van der Waals surface area contributed by atoms with E-state index >= 15 is 0 Å². The number of ether oxygens (including phenoxy) is 2. The third-order valence-electron chi connectivity index (χ3n) is 5.27. The number of aromatic nitrogens is 3. The third-order valence-corrected chi connectivity index (χ3v) is 5.56. The molecule has 0 radical (unpaired) electrons. The maximum absolute atomic E-state index is 12.6. The lowest BCUT2D eigenvalue weighted by atomic mass is 10.1. The number of nitrogens with zero attached hydrogens (tertiary/aromatic N) is 4. The number of pyridine rings is 1. The van der Waals surface area contributed by atoms with E-state index in [2.05, 4.69) is 20.3 Å². The van der Waals surface area contributed by atoms with E-state index < -0.39 is 0 Å². The van der Waals surface area contributed by atoms with Crippen molar-refractivity contribution in [1.29, 1.82) is 0 Å². The van der Waals surface area contributed by atoms with E-state index in [1.807, 2.05) is 44.1 Å². The average molecular weight is 534 g/mol. The first kappa shape index (κ1) is 25.4. The molecule has 2 aromatic carbocycles. The first-order valence-electron chi connectivity index (χ1n) is 12.5. The van der Waals surface area contributed by atoms with Crippen molar-refractivity contribution < 1.29 is 15.7 Å². The zero-order chi connectivity index (χ0) is 27.8. The summed E-state index contributed by atoms with van der Waals surface area (Å²) < 4.78 is 20.4. The van der Waals surface area contributed by atoms with Crippen molar-refractivity contribution in [3.63, 3.8) is 0 Å². The van der Waals surface area contributed by atoms with Gasteiger partial charge in [-0.2, -0.15) is 0 Å². The lowest BCUT2D eigenvalue weighted by Crippen LogP contribution is -2.13. The Morgan fingerprint density at radius 2 is 1.97 bits per heavy atom. The molecule has 0 fully saturated rings. The van der Waals surface area contributed by atoms with Crippen LogP contribution in [0.5, 0.6) is 11.5 Å². The van der Waals surface area contributed by atoms with Crippen LogP contribution in [0.2, 0.25) is 6.43 Å². The number of benzene rings is 2. The molecule has 0 aliphatic heterocycles. The minimum atomic E-state index is -0.300. The zero-order valence-corrected chi connectivity index (χ0v) is 22.1. The van der Waals surface area contributed by atoms with Crippen molar-refractivity contribution in [2.45, 2.75) is 13.5 Å². The molecule has 2 heterocycles. The fourth-order valence-corrected chi connectivity index (χ4v) is 3.74. The number of rotatable bonds is 11. The van der Waals surface area contributed by atoms with Gasteiger partial charge in [-0.25, -0.2) is 9.97 Å². The molecular formula is C28H29ClN6O3. The van der Waals surface area contributed by atoms with Crippen LogP contribution < -0.4 is 20.1 Å². The van der Waals surface area contributed by atoms with Gasteiger partial charge in [-0.15, -0.1) is 0 Å². The molecule has 0 unspecified atom stereocenters. The third kappa shape index (κ3) is 7.18. The molecule has 0 bridgehead atoms. The number of fused-ring (bicyclic) bond motifs is 1. The molecule has 0 aliphatic carbocycles. The minimum Gasteiger partial charge on any atom is -0.492 e. The number of carbonyl (C=O) groups is 1. The molecule has 0 spiro atoms. The van der Waals surface area contributed by atoms with E-state index in [4.69, 9.17) is 22.5 Å². The van der Waals surface area contributed by atoms with Crippen LogP contribution in [0.25, 0.3) is 10.9 Å². The number of halogens is 1. The quantitative estimate of drug-likeness (QED) is 0.245. The fourth-order valence-electron chi connectivity index (χ4n) is 3.51. The van der Waals surface area contributed by atoms with Crippen LogP contribution in [0.4, 0.5) is 17.2 Å². The second-order valence-corrected chi connectivity index (χ2v) is 8.89. The van der Waals surface area contributed by atoms with Crippen LogP contribution >= 0.6 is 11.6 Å². The fraction of sp³-hybridized carbons (Fsp3) is 0.214. The average Bonchev–Trinajstić information content (AvgIpc) is 2.92. The highest BCUT2D eigenvalue weighted by Gasteiger charge is 2.13. The van der Waals surface area contributed by atoms with Gasteiger partial charge in [-0.05, 0) is 57.4 Å². The number of hydrogen-bond acceptors (Lipinski definition) is 8. The van der Waals surface area contributed by atoms with Gasteiger partial charge in [0.2, 0.25) is 5.91 Å². The SMILES string of the molecule is [2H]N(c1ccc(OCc2ccccn2)c(Cl)c1)c1ncnc2cc(OCC)c(NC(=O)/C=C/CN(C)C)cc12. The number of anilines is 3. The van der Waals surface area contributed by atoms with Crippen molar-refractivity contribution in [1.82, 2.24) is 19.9 Å². The molecule has 2 N–H and O–H groups in total. The standard InChI is InChI=1S/C28H29ClN6O3/c1-4-37-26-16-23-21(15-24(26)34-27(36)9-7-13-35(2)3)28(32-18-31-23)33-19-10-11-25(22(29)14-19)38-17-20-8-5-6-12-30-20/h5-12,14-16,18H,4,13,17H2,1-3H3,(H,34,36)(H,31,32,33)/b9-7+/i/hD. The molecule has 196 valence electrons. The smallest absolute Gasteiger partial charge is 0.248 e. The monoisotopic (exact) mass is 533 g/mol. The summed E-state index contributed by atoms with van der Waals surface area (Å²) in [6.45, 7) is 3.16. The van der Waals surface area contributed by atoms with E-state index in [-0.39, 0.29) is 12.5 Å². The van der Waals surface area contributed by atoms with E-state index in [0.717, 1.165) is 11.0 Å². The lowest BCUT2D eigenvalue weighted by Gasteiger charge is -2.15. The van der Waals surface area contributed by atoms with Crippen LogP contribution in [0, 0.1) is 0 Å². The number of likely N-dealkylation sites (N-methyl/N-ethyl adjacent to an activating group) is 1. The Hall–Kier alpha value is -4.21. The Morgan fingerprint density at radius 3 is 2.71 bits per heavy atom. The second kappa shape index (κ2) is 12.8. The first-order valence-corrected chi connectivity index (χ1v) is 12.4. The van der Waals surface area contributed by atoms with Gasteiger partial charge in [0.1, 0.15) is 30.3 Å². The Morgan fingerprint density at radius 1 is 1.11 bits per heavy atom. The van der Waals surface area contributed by atoms with E-state index in [1.54, 1.807) is 42.6 Å². The van der Waals surface area contributed by atoms with Crippen molar-refractivity contribution in [2.24, 2.45) is 0 Å². The Labute approximate surface area is 227 Å². The number of amides is 1. The van der Waals surface area contributed by atoms with Crippen LogP contribution in [-0.2, 0) is 11.4 Å². The summed E-state index contributed by atoms with van der Waals surface area (Å²) >= 11 is 6.48. The molecule has 0 atom stereocenters. The molecule has 10 heteroatoms. The molecule has 0 saturated carbocycles. The van der Waals surface area contributed by atoms with Crippen molar-refractivity contribution in [2.75, 3.05) is 37.9 Å². The Bertz CT molecular complexity index is 1470. The van der Waals surface area contributed by atoms with E-state index in [0.29, 0.717) is 57.8 Å². The highest BCUT2D eigenvalue weighted by Crippen LogP contribution is 2.35. The Balaban J connectivity index is 1.61. The van der Waals surface area contributed by atoms with Gasteiger partial charge in [0.15, 0.2) is 1.41 Å². The Kier molecular flexibility index (Phi) is 8.60. The predicted molar refractivity (Wildman–Crippen MR) is 150 cm³/mol. The lowest BCUT2D eigenvalue weighted by molar-refractivity contribution is -0.111. The molecule has 38 heavy (non-hydrogen) atoms. The highest BCUT2D eigenvalue weighted by atomic mass is 35.5. The number of nitrogens with one attached hydrogen (secondary N) is 2. The van der Waals surface area contributed by atoms with Gasteiger partial charge in [-0.3, -0.25) is 9.78 Å². The number of carbonyl (C=O) groups excluding carboxylic acids is 1. The molecule has 4 aromatic rings. The summed E-state index contributed by atoms with van der Waals surface area (Å²) in [5.41, 5.74) is 2.25. The van der Waals surface area contributed by atoms with Crippen molar-refractivity contribution >= 4 is 45.6 Å². The summed E-state index contributed by atoms with van der Waals surface area (Å²) in [6, 6.07) is 14.1. The van der Waals surface area contributed by atoms with Crippen LogP contribution in [-0.4, -0.2) is 53.0 Å². The van der Waals surface area contributed by atoms with Gasteiger partial charge < -0.3 is 25.0 Å². The van der Waals surface area contributed by atoms with Gasteiger partial charge in [-0.1, -0.05) is 23.7 Å². The zero-order valence-electron chi connectivity index (χ0n) is 22.4. The van der Waals surface area contributed by atoms with Crippen LogP contribution in [0.1, 0.15) is 12.6 Å². The maximum Gasteiger partial charge on any atom is 0.248 e. The minimum absolute atomic E-state index is 0.266. The van der Waals surface area contributed by atoms with Gasteiger partial charge in [0.05, 0.1) is 28.5 Å². The molecule has 9 nitrogen and oxygen atoms in total. The molecule has 1 amide bonds. The van der Waals surface area contributed by atoms with Crippen molar-refractivity contribution in [3.8, 4) is 11.5 Å². The van der Waals surface area contributed by atoms with E-state index in [9.17, 15) is 4.79 Å². The van der Waals surface area contributed by atoms with Crippen molar-refractivity contribution in [3.05, 3.63) is 83.9 Å². The first-order chi connectivity index (χ1) is 18.9. The highest BCUT2D eigenvalue weighted by molar-refractivity contribution is 6.32. The summed E-state index contributed by atoms with van der Waals surface area (Å²) in [7, 11) is 3.84. The molecule has 0 saturated heterocycles. The number of hydrogen-bond donors (Lipinski definition) is 2. The summed E-state index contributed by atoms with van der Waals surface area (Å²) in [5.74, 6) is 0.949. The maximum atomic E-state index is 12.6. The summed E-state index contributed by atoms with van der Waals surface area (Å²) in [5, 5.41) is 4.91. The summed E-state index contributed by atoms with van der Waals surface area (Å²) in [6.07, 6.45) is 6.31. The van der Waals surface area contributed by atoms with Gasteiger partial charge in [0.25, 0.3) is 0 Å². The molecule has 0 aliphatic rings. The van der Waals surface area contributed by atoms with Crippen LogP contribution in [0.15, 0.2) is 73.2 Å². The van der Waals surface area contributed by atoms with Gasteiger partial charge in [0, 0.05) is 36.0 Å². The summed E-state index contributed by atoms with van der Waals surface area (Å²) in [4.78, 5) is 27.4. The predicted octanol–water partition coefficient (Wildman–Crippen LogP) is 5.46. The molecule has 4 rings (SSSR count). The largest absolute Gasteiger partial charge is 0.492 e.